The number of hydrogen-bond donors (Lipinski definition) is 2. The van der Waals surface area contributed by atoms with Crippen molar-refractivity contribution in [3.05, 3.63) is 51.2 Å². The molecule has 0 saturated carbocycles. The Balaban J connectivity index is 1.90. The number of nitrogens with one attached hydrogen (secondary N) is 2. The van der Waals surface area contributed by atoms with Crippen molar-refractivity contribution in [1.29, 1.82) is 0 Å². The van der Waals surface area contributed by atoms with E-state index in [4.69, 9.17) is 0 Å². The van der Waals surface area contributed by atoms with Gasteiger partial charge in [0.2, 0.25) is 5.91 Å². The Kier molecular flexibility index (Phi) is 6.04. The highest BCUT2D eigenvalue weighted by Crippen LogP contribution is 2.36. The molecule has 2 N–H and O–H groups in total. The molecule has 0 saturated heterocycles. The molecule has 4 amide bonds. The SMILES string of the molecule is CCN1C(=O)NC(c2cccc([N+](=O)[O-])c2)C2=C1CN(CC(=O)NCC(C)C)C2=O. The number of nitrogens with zero attached hydrogens (tertiary/aromatic N) is 3. The lowest BCUT2D eigenvalue weighted by Gasteiger charge is -2.32. The van der Waals surface area contributed by atoms with Gasteiger partial charge in [0.25, 0.3) is 11.6 Å². The lowest BCUT2D eigenvalue weighted by atomic mass is 9.95. The molecule has 0 aliphatic carbocycles. The van der Waals surface area contributed by atoms with Crippen LogP contribution in [0.25, 0.3) is 0 Å². The van der Waals surface area contributed by atoms with Crippen LogP contribution in [0.15, 0.2) is 35.5 Å². The highest BCUT2D eigenvalue weighted by atomic mass is 16.6. The summed E-state index contributed by atoms with van der Waals surface area (Å²) in [7, 11) is 0. The smallest absolute Gasteiger partial charge is 0.322 e. The van der Waals surface area contributed by atoms with Crippen molar-refractivity contribution in [2.24, 2.45) is 5.92 Å². The number of urea groups is 1. The predicted octanol–water partition coefficient (Wildman–Crippen LogP) is 1.55. The molecule has 1 aromatic carbocycles. The van der Waals surface area contributed by atoms with Gasteiger partial charge in [0.1, 0.15) is 6.54 Å². The Morgan fingerprint density at radius 2 is 2.10 bits per heavy atom. The van der Waals surface area contributed by atoms with Gasteiger partial charge >= 0.3 is 6.03 Å². The van der Waals surface area contributed by atoms with Crippen LogP contribution in [0.5, 0.6) is 0 Å². The van der Waals surface area contributed by atoms with Crippen molar-refractivity contribution in [3.8, 4) is 0 Å². The first-order valence-corrected chi connectivity index (χ1v) is 9.84. The first kappa shape index (κ1) is 21.3. The molecule has 0 aromatic heterocycles. The molecule has 2 aliphatic heterocycles. The van der Waals surface area contributed by atoms with Crippen LogP contribution in [0.2, 0.25) is 0 Å². The van der Waals surface area contributed by atoms with Crippen LogP contribution >= 0.6 is 0 Å². The molecule has 30 heavy (non-hydrogen) atoms. The predicted molar refractivity (Wildman–Crippen MR) is 108 cm³/mol. The van der Waals surface area contributed by atoms with E-state index in [0.29, 0.717) is 29.9 Å². The highest BCUT2D eigenvalue weighted by molar-refractivity contribution is 6.03. The molecule has 3 rings (SSSR count). The van der Waals surface area contributed by atoms with Crippen molar-refractivity contribution in [2.75, 3.05) is 26.2 Å². The average molecular weight is 415 g/mol. The minimum absolute atomic E-state index is 0.119. The first-order valence-electron chi connectivity index (χ1n) is 9.84. The van der Waals surface area contributed by atoms with Crippen molar-refractivity contribution >= 4 is 23.5 Å². The summed E-state index contributed by atoms with van der Waals surface area (Å²) in [6.45, 7) is 6.61. The number of benzene rings is 1. The van der Waals surface area contributed by atoms with Gasteiger partial charge in [0.05, 0.1) is 28.8 Å². The molecular formula is C20H25N5O5. The Bertz CT molecular complexity index is 926. The lowest BCUT2D eigenvalue weighted by molar-refractivity contribution is -0.384. The second kappa shape index (κ2) is 8.52. The third-order valence-corrected chi connectivity index (χ3v) is 5.07. The van der Waals surface area contributed by atoms with Crippen LogP contribution in [-0.2, 0) is 9.59 Å². The minimum Gasteiger partial charge on any atom is -0.354 e. The number of rotatable bonds is 7. The van der Waals surface area contributed by atoms with E-state index in [-0.39, 0.29) is 42.5 Å². The normalized spacial score (nSPS) is 18.6. The summed E-state index contributed by atoms with van der Waals surface area (Å²) in [5.74, 6) is -0.351. The number of carbonyl (C=O) groups is 3. The number of hydrogen-bond acceptors (Lipinski definition) is 5. The van der Waals surface area contributed by atoms with Crippen molar-refractivity contribution in [3.63, 3.8) is 0 Å². The summed E-state index contributed by atoms with van der Waals surface area (Å²) >= 11 is 0. The molecule has 0 bridgehead atoms. The van der Waals surface area contributed by atoms with E-state index >= 15 is 0 Å². The van der Waals surface area contributed by atoms with Crippen LogP contribution in [0.1, 0.15) is 32.4 Å². The molecular weight excluding hydrogens is 390 g/mol. The molecule has 0 spiro atoms. The third-order valence-electron chi connectivity index (χ3n) is 5.07. The monoisotopic (exact) mass is 415 g/mol. The van der Waals surface area contributed by atoms with E-state index in [9.17, 15) is 24.5 Å². The van der Waals surface area contributed by atoms with Gasteiger partial charge < -0.3 is 15.5 Å². The van der Waals surface area contributed by atoms with Crippen molar-refractivity contribution in [2.45, 2.75) is 26.8 Å². The first-order chi connectivity index (χ1) is 14.2. The van der Waals surface area contributed by atoms with Crippen LogP contribution < -0.4 is 10.6 Å². The van der Waals surface area contributed by atoms with E-state index in [1.165, 1.54) is 28.0 Å². The fraction of sp³-hybridized carbons (Fsp3) is 0.450. The van der Waals surface area contributed by atoms with Crippen molar-refractivity contribution < 1.29 is 19.3 Å². The summed E-state index contributed by atoms with van der Waals surface area (Å²) < 4.78 is 0. The van der Waals surface area contributed by atoms with E-state index in [1.54, 1.807) is 13.0 Å². The van der Waals surface area contributed by atoms with Crippen molar-refractivity contribution in [1.82, 2.24) is 20.4 Å². The molecule has 1 atom stereocenters. The van der Waals surface area contributed by atoms with Gasteiger partial charge in [-0.2, -0.15) is 0 Å². The lowest BCUT2D eigenvalue weighted by Crippen LogP contribution is -2.47. The maximum atomic E-state index is 13.2. The topological polar surface area (TPSA) is 125 Å². The second-order valence-corrected chi connectivity index (χ2v) is 7.70. The summed E-state index contributed by atoms with van der Waals surface area (Å²) in [6, 6.07) is 4.66. The van der Waals surface area contributed by atoms with Gasteiger partial charge in [0, 0.05) is 25.2 Å². The highest BCUT2D eigenvalue weighted by Gasteiger charge is 2.44. The van der Waals surface area contributed by atoms with E-state index in [0.717, 1.165) is 0 Å². The summed E-state index contributed by atoms with van der Waals surface area (Å²) in [5.41, 5.74) is 1.19. The molecule has 10 heteroatoms. The van der Waals surface area contributed by atoms with E-state index in [2.05, 4.69) is 10.6 Å². The molecule has 0 radical (unpaired) electrons. The largest absolute Gasteiger partial charge is 0.354 e. The van der Waals surface area contributed by atoms with Gasteiger partial charge in [0.15, 0.2) is 0 Å². The zero-order chi connectivity index (χ0) is 22.0. The maximum Gasteiger partial charge on any atom is 0.322 e. The second-order valence-electron chi connectivity index (χ2n) is 7.70. The number of likely N-dealkylation sites (N-methyl/N-ethyl adjacent to an activating group) is 1. The van der Waals surface area contributed by atoms with Crippen LogP contribution in [-0.4, -0.2) is 58.7 Å². The summed E-state index contributed by atoms with van der Waals surface area (Å²) in [5, 5.41) is 16.7. The van der Waals surface area contributed by atoms with Gasteiger partial charge in [-0.1, -0.05) is 26.0 Å². The third kappa shape index (κ3) is 4.12. The minimum atomic E-state index is -0.813. The number of non-ortho nitro benzene ring substituents is 1. The Morgan fingerprint density at radius 3 is 2.73 bits per heavy atom. The van der Waals surface area contributed by atoms with Gasteiger partial charge in [-0.05, 0) is 18.4 Å². The fourth-order valence-corrected chi connectivity index (χ4v) is 3.63. The quantitative estimate of drug-likeness (QED) is 0.516. The van der Waals surface area contributed by atoms with E-state index in [1.807, 2.05) is 13.8 Å². The van der Waals surface area contributed by atoms with E-state index < -0.39 is 11.0 Å². The molecule has 1 unspecified atom stereocenters. The number of amides is 4. The molecule has 1 aromatic rings. The molecule has 2 aliphatic rings. The molecule has 0 fully saturated rings. The van der Waals surface area contributed by atoms with Gasteiger partial charge in [-0.3, -0.25) is 24.6 Å². The number of nitro groups is 1. The number of carbonyl (C=O) groups excluding carboxylic acids is 3. The molecule has 2 heterocycles. The maximum absolute atomic E-state index is 13.2. The zero-order valence-corrected chi connectivity index (χ0v) is 17.2. The van der Waals surface area contributed by atoms with Crippen LogP contribution in [0, 0.1) is 16.0 Å². The molecule has 160 valence electrons. The fourth-order valence-electron chi connectivity index (χ4n) is 3.63. The molecule has 10 nitrogen and oxygen atoms in total. The summed E-state index contributed by atoms with van der Waals surface area (Å²) in [6.07, 6.45) is 0. The Hall–Kier alpha value is -3.43. The Morgan fingerprint density at radius 1 is 1.37 bits per heavy atom. The van der Waals surface area contributed by atoms with Gasteiger partial charge in [-0.15, -0.1) is 0 Å². The van der Waals surface area contributed by atoms with Gasteiger partial charge in [-0.25, -0.2) is 4.79 Å². The summed E-state index contributed by atoms with van der Waals surface area (Å²) in [4.78, 5) is 51.5. The number of nitro benzene ring substituents is 1. The van der Waals surface area contributed by atoms with Crippen LogP contribution in [0.3, 0.4) is 0 Å². The average Bonchev–Trinajstić information content (AvgIpc) is 3.02. The van der Waals surface area contributed by atoms with Crippen LogP contribution in [0.4, 0.5) is 10.5 Å². The zero-order valence-electron chi connectivity index (χ0n) is 17.2. The standard InChI is InChI=1S/C20H25N5O5/c1-4-24-15-10-23(11-16(26)21-9-12(2)3)19(27)17(15)18(22-20(24)28)13-6-5-7-14(8-13)25(29)30/h5-8,12,18H,4,9-11H2,1-3H3,(H,21,26)(H,22,28). The Labute approximate surface area is 174 Å².